The minimum absolute atomic E-state index is 0.165. The second-order valence-corrected chi connectivity index (χ2v) is 12.3. The molecule has 2 amide bonds. The van der Waals surface area contributed by atoms with Crippen LogP contribution < -0.4 is 10.2 Å². The van der Waals surface area contributed by atoms with Crippen LogP contribution in [0.15, 0.2) is 28.3 Å². The first kappa shape index (κ1) is 28.8. The van der Waals surface area contributed by atoms with E-state index in [-0.39, 0.29) is 11.7 Å². The number of alkyl halides is 3. The lowest BCUT2D eigenvalue weighted by molar-refractivity contribution is -0.141. The van der Waals surface area contributed by atoms with Gasteiger partial charge < -0.3 is 15.2 Å². The van der Waals surface area contributed by atoms with Gasteiger partial charge in [-0.15, -0.1) is 0 Å². The van der Waals surface area contributed by atoms with Crippen LogP contribution in [0.25, 0.3) is 0 Å². The van der Waals surface area contributed by atoms with Crippen LogP contribution in [0.3, 0.4) is 0 Å². The average Bonchev–Trinajstić information content (AvgIpc) is 3.08. The second-order valence-electron chi connectivity index (χ2n) is 9.91. The maximum atomic E-state index is 13.1. The van der Waals surface area contributed by atoms with Crippen molar-refractivity contribution in [3.8, 4) is 0 Å². The van der Waals surface area contributed by atoms with Crippen LogP contribution in [0.2, 0.25) is 0 Å². The zero-order valence-electron chi connectivity index (χ0n) is 20.1. The summed E-state index contributed by atoms with van der Waals surface area (Å²) in [6.07, 6.45) is -4.15. The number of pyridine rings is 1. The van der Waals surface area contributed by atoms with Gasteiger partial charge in [-0.2, -0.15) is 13.2 Å². The highest BCUT2D eigenvalue weighted by molar-refractivity contribution is 9.11. The van der Waals surface area contributed by atoms with Crippen LogP contribution in [0, 0.1) is 5.41 Å². The SMILES string of the molecule is CC(C)(C)OC(=O)N[C@H](CN(C(=O)O)c1ncc(Br)s1)C(c1ccc(C(F)(F)F)nc1)C(C)(C)C. The Hall–Kier alpha value is -2.41. The summed E-state index contributed by atoms with van der Waals surface area (Å²) in [6.45, 7) is 10.3. The molecule has 2 N–H and O–H groups in total. The van der Waals surface area contributed by atoms with E-state index in [0.717, 1.165) is 28.5 Å². The normalized spacial score (nSPS) is 14.2. The van der Waals surface area contributed by atoms with Crippen LogP contribution in [-0.2, 0) is 10.9 Å². The number of ether oxygens (including phenoxy) is 1. The van der Waals surface area contributed by atoms with Gasteiger partial charge >= 0.3 is 18.4 Å². The number of hydrogen-bond donors (Lipinski definition) is 2. The summed E-state index contributed by atoms with van der Waals surface area (Å²) in [5.41, 5.74) is -2.11. The van der Waals surface area contributed by atoms with E-state index in [2.05, 4.69) is 31.2 Å². The fourth-order valence-electron chi connectivity index (χ4n) is 3.59. The third-order valence-corrected chi connectivity index (χ3v) is 6.28. The van der Waals surface area contributed by atoms with Crippen molar-refractivity contribution in [3.05, 3.63) is 39.6 Å². The van der Waals surface area contributed by atoms with Crippen molar-refractivity contribution in [2.24, 2.45) is 5.41 Å². The number of halogens is 4. The smallest absolute Gasteiger partial charge is 0.433 e. The van der Waals surface area contributed by atoms with Crippen LogP contribution in [0.1, 0.15) is 58.7 Å². The fraction of sp³-hybridized carbons (Fsp3) is 0.545. The largest absolute Gasteiger partial charge is 0.465 e. The summed E-state index contributed by atoms with van der Waals surface area (Å²) in [4.78, 5) is 33.5. The molecule has 0 aliphatic carbocycles. The molecule has 35 heavy (non-hydrogen) atoms. The third kappa shape index (κ3) is 8.34. The number of hydrogen-bond acceptors (Lipinski definition) is 6. The maximum absolute atomic E-state index is 13.1. The Morgan fingerprint density at radius 3 is 2.17 bits per heavy atom. The zero-order valence-corrected chi connectivity index (χ0v) is 22.5. The minimum atomic E-state index is -4.61. The van der Waals surface area contributed by atoms with E-state index in [0.29, 0.717) is 9.35 Å². The first-order chi connectivity index (χ1) is 15.9. The van der Waals surface area contributed by atoms with Gasteiger partial charge in [0.1, 0.15) is 11.3 Å². The molecule has 0 aromatic carbocycles. The molecule has 0 saturated carbocycles. The van der Waals surface area contributed by atoms with Gasteiger partial charge in [-0.25, -0.2) is 14.6 Å². The molecule has 2 atom stereocenters. The predicted octanol–water partition coefficient (Wildman–Crippen LogP) is 6.53. The van der Waals surface area contributed by atoms with Gasteiger partial charge in [0, 0.05) is 12.1 Å². The van der Waals surface area contributed by atoms with Gasteiger partial charge in [0.15, 0.2) is 5.13 Å². The van der Waals surface area contributed by atoms with Gasteiger partial charge in [-0.05, 0) is 53.7 Å². The average molecular weight is 581 g/mol. The number of amides is 2. The Balaban J connectivity index is 2.54. The lowest BCUT2D eigenvalue weighted by Crippen LogP contribution is -2.52. The Morgan fingerprint density at radius 2 is 1.77 bits per heavy atom. The number of alkyl carbamates (subject to hydrolysis) is 1. The second kappa shape index (κ2) is 10.7. The van der Waals surface area contributed by atoms with Gasteiger partial charge in [0.25, 0.3) is 0 Å². The molecule has 0 aliphatic rings. The molecule has 0 fully saturated rings. The van der Waals surface area contributed by atoms with Gasteiger partial charge in [0.2, 0.25) is 0 Å². The van der Waals surface area contributed by atoms with Crippen LogP contribution in [0.5, 0.6) is 0 Å². The van der Waals surface area contributed by atoms with Crippen molar-refractivity contribution in [2.45, 2.75) is 65.3 Å². The van der Waals surface area contributed by atoms with E-state index in [1.807, 2.05) is 20.8 Å². The Bertz CT molecular complexity index is 1030. The van der Waals surface area contributed by atoms with E-state index in [9.17, 15) is 27.9 Å². The summed E-state index contributed by atoms with van der Waals surface area (Å²) >= 11 is 4.34. The number of carbonyl (C=O) groups is 2. The van der Waals surface area contributed by atoms with Crippen molar-refractivity contribution in [1.29, 1.82) is 0 Å². The molecule has 2 rings (SSSR count). The summed E-state index contributed by atoms with van der Waals surface area (Å²) in [5.74, 6) is -0.643. The standard InChI is InChI=1S/C22H28BrF3N4O4S/c1-20(2,3)16(12-7-8-14(27-9-12)22(24,25)26)13(29-18(31)34-21(4,5)6)11-30(19(32)33)17-28-10-15(23)35-17/h7-10,13,16H,11H2,1-6H3,(H,29,31)(H,32,33)/t13-,16?/m1/s1. The maximum Gasteiger partial charge on any atom is 0.433 e. The molecule has 2 aromatic rings. The number of anilines is 1. The highest BCUT2D eigenvalue weighted by atomic mass is 79.9. The topological polar surface area (TPSA) is 105 Å². The highest BCUT2D eigenvalue weighted by Gasteiger charge is 2.39. The van der Waals surface area contributed by atoms with Crippen molar-refractivity contribution in [3.63, 3.8) is 0 Å². The predicted molar refractivity (Wildman–Crippen MR) is 130 cm³/mol. The number of rotatable bonds is 6. The molecule has 0 spiro atoms. The van der Waals surface area contributed by atoms with Crippen molar-refractivity contribution in [1.82, 2.24) is 15.3 Å². The molecule has 1 unspecified atom stereocenters. The molecular weight excluding hydrogens is 553 g/mol. The Morgan fingerprint density at radius 1 is 1.14 bits per heavy atom. The van der Waals surface area contributed by atoms with E-state index in [1.165, 1.54) is 12.3 Å². The molecular formula is C22H28BrF3N4O4S. The molecule has 0 bridgehead atoms. The monoisotopic (exact) mass is 580 g/mol. The first-order valence-electron chi connectivity index (χ1n) is 10.5. The van der Waals surface area contributed by atoms with Crippen molar-refractivity contribution in [2.75, 3.05) is 11.4 Å². The molecule has 0 radical (unpaired) electrons. The van der Waals surface area contributed by atoms with Gasteiger partial charge in [0.05, 0.1) is 22.6 Å². The van der Waals surface area contributed by atoms with Crippen molar-refractivity contribution < 1.29 is 32.6 Å². The quantitative estimate of drug-likeness (QED) is 0.402. The first-order valence-corrected chi connectivity index (χ1v) is 12.1. The molecule has 0 saturated heterocycles. The molecule has 0 aliphatic heterocycles. The summed E-state index contributed by atoms with van der Waals surface area (Å²) < 4.78 is 45.2. The molecule has 194 valence electrons. The van der Waals surface area contributed by atoms with E-state index < -0.39 is 47.0 Å². The van der Waals surface area contributed by atoms with E-state index in [1.54, 1.807) is 20.8 Å². The molecule has 13 heteroatoms. The van der Waals surface area contributed by atoms with Crippen molar-refractivity contribution >= 4 is 44.6 Å². The minimum Gasteiger partial charge on any atom is -0.465 e. The number of nitrogens with one attached hydrogen (secondary N) is 1. The van der Waals surface area contributed by atoms with Crippen LogP contribution >= 0.6 is 27.3 Å². The number of carbonyl (C=O) groups excluding carboxylic acids is 1. The number of thiazole rings is 1. The fourth-order valence-corrected chi connectivity index (χ4v) is 4.78. The highest BCUT2D eigenvalue weighted by Crippen LogP contribution is 2.40. The van der Waals surface area contributed by atoms with Crippen LogP contribution in [0.4, 0.5) is 27.9 Å². The van der Waals surface area contributed by atoms with E-state index in [4.69, 9.17) is 4.74 Å². The summed E-state index contributed by atoms with van der Waals surface area (Å²) in [5, 5.41) is 12.8. The van der Waals surface area contributed by atoms with Gasteiger partial charge in [-0.1, -0.05) is 38.2 Å². The summed E-state index contributed by atoms with van der Waals surface area (Å²) in [6, 6.07) is 1.26. The van der Waals surface area contributed by atoms with Gasteiger partial charge in [-0.3, -0.25) is 9.88 Å². The zero-order chi connectivity index (χ0) is 26.8. The lowest BCUT2D eigenvalue weighted by Gasteiger charge is -2.39. The van der Waals surface area contributed by atoms with E-state index >= 15 is 0 Å². The molecule has 2 aromatic heterocycles. The Labute approximate surface area is 214 Å². The number of carboxylic acid groups (broad SMARTS) is 1. The molecule has 2 heterocycles. The summed E-state index contributed by atoms with van der Waals surface area (Å²) in [7, 11) is 0. The number of aromatic nitrogens is 2. The Kier molecular flexibility index (Phi) is 8.80. The third-order valence-electron chi connectivity index (χ3n) is 4.78. The van der Waals surface area contributed by atoms with Crippen LogP contribution in [-0.4, -0.2) is 45.4 Å². The molecule has 8 nitrogen and oxygen atoms in total. The lowest BCUT2D eigenvalue weighted by atomic mass is 9.72. The number of nitrogens with zero attached hydrogens (tertiary/aromatic N) is 3.